The van der Waals surface area contributed by atoms with Gasteiger partial charge in [-0.25, -0.2) is 0 Å². The van der Waals surface area contributed by atoms with Crippen molar-refractivity contribution in [3.8, 4) is 0 Å². The number of hydrogen-bond acceptors (Lipinski definition) is 5. The number of benzene rings is 1. The van der Waals surface area contributed by atoms with Crippen molar-refractivity contribution in [2.45, 2.75) is 81.5 Å². The standard InChI is InChI=1S/C33H45N3O4S/c1-5-7-11-18-34-19-13-17-33-27(30(39)36(28(33)31(34)40)25(22-37)23(3)6-2)26-29(38)35(20-12-16-32(26,4)41-33)21-24-14-9-8-10-15-24/h8-10,12-17,23,25-28,37H,5-7,11,18-22H2,1-4H3/t23-,25-,26-,27-,28?,32+,33-/m0/s1. The van der Waals surface area contributed by atoms with Gasteiger partial charge in [-0.3, -0.25) is 14.4 Å². The van der Waals surface area contributed by atoms with E-state index in [0.29, 0.717) is 26.2 Å². The van der Waals surface area contributed by atoms with Crippen molar-refractivity contribution in [2.75, 3.05) is 26.2 Å². The molecule has 0 aromatic heterocycles. The molecule has 0 aliphatic carbocycles. The number of carbonyl (C=O) groups excluding carboxylic acids is 3. The van der Waals surface area contributed by atoms with Gasteiger partial charge in [-0.05, 0) is 24.8 Å². The molecule has 4 heterocycles. The normalized spacial score (nSPS) is 32.5. The number of likely N-dealkylation sites (tertiary alicyclic amines) is 1. The lowest BCUT2D eigenvalue weighted by Gasteiger charge is -2.41. The fourth-order valence-corrected chi connectivity index (χ4v) is 9.57. The summed E-state index contributed by atoms with van der Waals surface area (Å²) in [5.41, 5.74) is 1.04. The Kier molecular flexibility index (Phi) is 8.72. The van der Waals surface area contributed by atoms with Gasteiger partial charge in [0.15, 0.2) is 0 Å². The maximum absolute atomic E-state index is 14.7. The average Bonchev–Trinajstić information content (AvgIpc) is 3.24. The number of nitrogens with zero attached hydrogens (tertiary/aromatic N) is 3. The van der Waals surface area contributed by atoms with E-state index in [4.69, 9.17) is 0 Å². The van der Waals surface area contributed by atoms with Crippen LogP contribution in [0.2, 0.25) is 0 Å². The number of fused-ring (bicyclic) bond motifs is 2. The molecule has 7 nitrogen and oxygen atoms in total. The summed E-state index contributed by atoms with van der Waals surface area (Å²) < 4.78 is -1.52. The third kappa shape index (κ3) is 5.05. The zero-order valence-corrected chi connectivity index (χ0v) is 25.7. The van der Waals surface area contributed by atoms with Gasteiger partial charge in [0.2, 0.25) is 17.7 Å². The van der Waals surface area contributed by atoms with Crippen molar-refractivity contribution in [1.82, 2.24) is 14.7 Å². The molecular weight excluding hydrogens is 534 g/mol. The molecule has 1 unspecified atom stereocenters. The highest BCUT2D eigenvalue weighted by Crippen LogP contribution is 2.66. The van der Waals surface area contributed by atoms with Crippen LogP contribution in [-0.4, -0.2) is 85.3 Å². The van der Waals surface area contributed by atoms with E-state index in [0.717, 1.165) is 31.2 Å². The smallest absolute Gasteiger partial charge is 0.247 e. The Balaban J connectivity index is 1.59. The number of aliphatic hydroxyl groups is 1. The SMILES string of the molecule is CCCCCN1CC=C[C@]23S[C@]4(C)C=CCN(Cc5ccccc5)C(=O)[C@@H]4[C@H]2C(=O)N([C@@H](CO)[C@@H](C)CC)C3C1=O. The van der Waals surface area contributed by atoms with Gasteiger partial charge in [-0.2, -0.15) is 0 Å². The van der Waals surface area contributed by atoms with E-state index in [1.54, 1.807) is 16.7 Å². The zero-order valence-electron chi connectivity index (χ0n) is 24.9. The molecule has 0 radical (unpaired) electrons. The molecule has 4 aliphatic heterocycles. The van der Waals surface area contributed by atoms with Gasteiger partial charge in [-0.1, -0.05) is 94.7 Å². The highest BCUT2D eigenvalue weighted by molar-refractivity contribution is 8.02. The minimum atomic E-state index is -0.885. The molecular formula is C33H45N3O4S. The highest BCUT2D eigenvalue weighted by atomic mass is 32.2. The number of rotatable bonds is 10. The molecule has 1 spiro atoms. The second-order valence-corrected chi connectivity index (χ2v) is 14.2. The van der Waals surface area contributed by atoms with Crippen LogP contribution in [0.15, 0.2) is 54.6 Å². The number of carbonyl (C=O) groups is 3. The van der Waals surface area contributed by atoms with Gasteiger partial charge in [-0.15, -0.1) is 11.8 Å². The number of amides is 3. The van der Waals surface area contributed by atoms with Gasteiger partial charge in [0.25, 0.3) is 0 Å². The molecule has 7 atom stereocenters. The first-order valence-electron chi connectivity index (χ1n) is 15.3. The molecule has 1 aromatic carbocycles. The summed E-state index contributed by atoms with van der Waals surface area (Å²) in [7, 11) is 0. The predicted molar refractivity (Wildman–Crippen MR) is 163 cm³/mol. The lowest BCUT2D eigenvalue weighted by atomic mass is 9.74. The molecule has 2 fully saturated rings. The molecule has 2 saturated heterocycles. The first-order valence-corrected chi connectivity index (χ1v) is 16.1. The van der Waals surface area contributed by atoms with Gasteiger partial charge in [0.1, 0.15) is 6.04 Å². The van der Waals surface area contributed by atoms with E-state index in [1.807, 2.05) is 60.1 Å². The third-order valence-corrected chi connectivity index (χ3v) is 11.6. The fourth-order valence-electron chi connectivity index (χ4n) is 7.43. The lowest BCUT2D eigenvalue weighted by Crippen LogP contribution is -2.58. The third-order valence-electron chi connectivity index (χ3n) is 9.75. The van der Waals surface area contributed by atoms with Crippen LogP contribution >= 0.6 is 11.8 Å². The molecule has 1 N–H and O–H groups in total. The Labute approximate surface area is 249 Å². The van der Waals surface area contributed by atoms with E-state index in [-0.39, 0.29) is 30.2 Å². The summed E-state index contributed by atoms with van der Waals surface area (Å²) in [4.78, 5) is 49.1. The van der Waals surface area contributed by atoms with Crippen molar-refractivity contribution in [3.63, 3.8) is 0 Å². The molecule has 4 aliphatic rings. The van der Waals surface area contributed by atoms with Crippen LogP contribution in [0.1, 0.15) is 58.9 Å². The van der Waals surface area contributed by atoms with Crippen molar-refractivity contribution in [2.24, 2.45) is 17.8 Å². The molecule has 222 valence electrons. The van der Waals surface area contributed by atoms with Crippen molar-refractivity contribution in [1.29, 1.82) is 0 Å². The molecule has 8 heteroatoms. The molecule has 0 saturated carbocycles. The first kappa shape index (κ1) is 29.9. The molecule has 5 rings (SSSR count). The lowest BCUT2D eigenvalue weighted by molar-refractivity contribution is -0.148. The van der Waals surface area contributed by atoms with Gasteiger partial charge in [0.05, 0.1) is 29.2 Å². The summed E-state index contributed by atoms with van der Waals surface area (Å²) in [6.07, 6.45) is 12.0. The van der Waals surface area contributed by atoms with Crippen LogP contribution in [0.5, 0.6) is 0 Å². The fraction of sp³-hybridized carbons (Fsp3) is 0.606. The molecule has 41 heavy (non-hydrogen) atoms. The number of thioether (sulfide) groups is 1. The van der Waals surface area contributed by atoms with E-state index < -0.39 is 33.4 Å². The minimum absolute atomic E-state index is 0.00379. The molecule has 0 bridgehead atoms. The van der Waals surface area contributed by atoms with Crippen molar-refractivity contribution < 1.29 is 19.5 Å². The Bertz CT molecular complexity index is 1200. The van der Waals surface area contributed by atoms with Gasteiger partial charge >= 0.3 is 0 Å². The summed E-state index contributed by atoms with van der Waals surface area (Å²) in [6, 6.07) is 8.69. The van der Waals surface area contributed by atoms with E-state index in [1.165, 1.54) is 0 Å². The summed E-state index contributed by atoms with van der Waals surface area (Å²) in [6.45, 7) is 10.1. The average molecular weight is 580 g/mol. The maximum atomic E-state index is 14.7. The van der Waals surface area contributed by atoms with Crippen LogP contribution in [-0.2, 0) is 20.9 Å². The highest BCUT2D eigenvalue weighted by Gasteiger charge is 2.74. The Hall–Kier alpha value is -2.58. The molecule has 3 amide bonds. The first-order chi connectivity index (χ1) is 19.7. The van der Waals surface area contributed by atoms with Gasteiger partial charge in [0, 0.05) is 30.9 Å². The Morgan fingerprint density at radius 3 is 2.34 bits per heavy atom. The predicted octanol–water partition coefficient (Wildman–Crippen LogP) is 4.27. The summed E-state index contributed by atoms with van der Waals surface area (Å²) >= 11 is 1.61. The van der Waals surface area contributed by atoms with Gasteiger partial charge < -0.3 is 19.8 Å². The van der Waals surface area contributed by atoms with Crippen LogP contribution in [0.4, 0.5) is 0 Å². The van der Waals surface area contributed by atoms with Crippen molar-refractivity contribution >= 4 is 29.5 Å². The monoisotopic (exact) mass is 579 g/mol. The quantitative estimate of drug-likeness (QED) is 0.331. The summed E-state index contributed by atoms with van der Waals surface area (Å²) in [5.74, 6) is -1.58. The number of unbranched alkanes of at least 4 members (excludes halogenated alkanes) is 2. The Morgan fingerprint density at radius 2 is 1.66 bits per heavy atom. The second kappa shape index (κ2) is 12.0. The summed E-state index contributed by atoms with van der Waals surface area (Å²) in [5, 5.41) is 10.6. The molecule has 1 aromatic rings. The number of aliphatic hydroxyl groups excluding tert-OH is 1. The van der Waals surface area contributed by atoms with Crippen LogP contribution < -0.4 is 0 Å². The van der Waals surface area contributed by atoms with E-state index >= 15 is 0 Å². The van der Waals surface area contributed by atoms with E-state index in [2.05, 4.69) is 32.1 Å². The number of hydrogen-bond donors (Lipinski definition) is 1. The van der Waals surface area contributed by atoms with Crippen LogP contribution in [0.25, 0.3) is 0 Å². The van der Waals surface area contributed by atoms with Crippen LogP contribution in [0, 0.1) is 17.8 Å². The van der Waals surface area contributed by atoms with Crippen LogP contribution in [0.3, 0.4) is 0 Å². The van der Waals surface area contributed by atoms with Crippen molar-refractivity contribution in [3.05, 3.63) is 60.2 Å². The maximum Gasteiger partial charge on any atom is 0.247 e. The largest absolute Gasteiger partial charge is 0.394 e. The topological polar surface area (TPSA) is 81.2 Å². The Morgan fingerprint density at radius 1 is 0.951 bits per heavy atom. The zero-order chi connectivity index (χ0) is 29.4. The minimum Gasteiger partial charge on any atom is -0.394 e. The van der Waals surface area contributed by atoms with E-state index in [9.17, 15) is 19.5 Å². The second-order valence-electron chi connectivity index (χ2n) is 12.4.